The van der Waals surface area contributed by atoms with Crippen molar-refractivity contribution in [1.29, 1.82) is 0 Å². The van der Waals surface area contributed by atoms with E-state index in [0.29, 0.717) is 0 Å². The summed E-state index contributed by atoms with van der Waals surface area (Å²) in [5.41, 5.74) is 6.72. The zero-order chi connectivity index (χ0) is 12.1. The molecule has 1 aliphatic heterocycles. The molecule has 0 saturated carbocycles. The van der Waals surface area contributed by atoms with Crippen LogP contribution in [0.4, 0.5) is 0 Å². The Kier molecular flexibility index (Phi) is 4.15. The second kappa shape index (κ2) is 5.82. The van der Waals surface area contributed by atoms with E-state index in [1.165, 1.54) is 24.8 Å². The number of likely N-dealkylation sites (tertiary alicyclic amines) is 1. The van der Waals surface area contributed by atoms with E-state index in [-0.39, 0.29) is 11.9 Å². The van der Waals surface area contributed by atoms with Crippen molar-refractivity contribution in [3.8, 4) is 0 Å². The molecule has 0 radical (unpaired) electrons. The number of primary amides is 1. The molecule has 1 aromatic rings. The summed E-state index contributed by atoms with van der Waals surface area (Å²) in [6, 6.07) is 9.97. The van der Waals surface area contributed by atoms with Gasteiger partial charge in [0.1, 0.15) is 0 Å². The fraction of sp³-hybridized carbons (Fsp3) is 0.500. The van der Waals surface area contributed by atoms with Gasteiger partial charge in [0, 0.05) is 0 Å². The van der Waals surface area contributed by atoms with Crippen molar-refractivity contribution in [2.75, 3.05) is 13.1 Å². The van der Waals surface area contributed by atoms with E-state index in [1.807, 2.05) is 18.2 Å². The molecule has 1 aliphatic rings. The van der Waals surface area contributed by atoms with Gasteiger partial charge in [-0.25, -0.2) is 0 Å². The highest BCUT2D eigenvalue weighted by molar-refractivity contribution is 5.80. The van der Waals surface area contributed by atoms with Gasteiger partial charge in [-0.3, -0.25) is 9.69 Å². The highest BCUT2D eigenvalue weighted by atomic mass is 16.1. The van der Waals surface area contributed by atoms with Crippen molar-refractivity contribution in [2.45, 2.75) is 31.7 Å². The average molecular weight is 232 g/mol. The van der Waals surface area contributed by atoms with Crippen molar-refractivity contribution < 1.29 is 4.79 Å². The number of amides is 1. The van der Waals surface area contributed by atoms with Crippen LogP contribution in [-0.2, 0) is 11.2 Å². The summed E-state index contributed by atoms with van der Waals surface area (Å²) in [5.74, 6) is -0.198. The van der Waals surface area contributed by atoms with Gasteiger partial charge in [0.25, 0.3) is 0 Å². The predicted molar refractivity (Wildman–Crippen MR) is 68.6 cm³/mol. The molecule has 1 atom stereocenters. The summed E-state index contributed by atoms with van der Waals surface area (Å²) in [6.45, 7) is 2.00. The zero-order valence-electron chi connectivity index (χ0n) is 10.1. The molecule has 0 aliphatic carbocycles. The molecular formula is C14H20N2O. The highest BCUT2D eigenvalue weighted by Gasteiger charge is 2.25. The van der Waals surface area contributed by atoms with Gasteiger partial charge in [0.2, 0.25) is 5.91 Å². The molecule has 0 bridgehead atoms. The Bertz CT molecular complexity index is 358. The molecule has 2 rings (SSSR count). The Hall–Kier alpha value is -1.35. The maximum absolute atomic E-state index is 11.6. The maximum atomic E-state index is 11.6. The smallest absolute Gasteiger partial charge is 0.235 e. The van der Waals surface area contributed by atoms with Gasteiger partial charge < -0.3 is 5.73 Å². The number of rotatable bonds is 4. The van der Waals surface area contributed by atoms with E-state index in [9.17, 15) is 4.79 Å². The third-order valence-electron chi connectivity index (χ3n) is 3.43. The normalized spacial score (nSPS) is 18.8. The minimum absolute atomic E-state index is 0.141. The molecule has 1 amide bonds. The maximum Gasteiger partial charge on any atom is 0.235 e. The minimum Gasteiger partial charge on any atom is -0.368 e. The van der Waals surface area contributed by atoms with Crippen LogP contribution in [0.25, 0.3) is 0 Å². The number of nitrogens with two attached hydrogens (primary N) is 1. The number of benzene rings is 1. The van der Waals surface area contributed by atoms with Crippen LogP contribution in [0.1, 0.15) is 24.8 Å². The molecule has 0 aromatic heterocycles. The number of piperidine rings is 1. The largest absolute Gasteiger partial charge is 0.368 e. The second-order valence-corrected chi connectivity index (χ2v) is 4.70. The molecule has 3 heteroatoms. The summed E-state index contributed by atoms with van der Waals surface area (Å²) in [7, 11) is 0. The van der Waals surface area contributed by atoms with Crippen LogP contribution >= 0.6 is 0 Å². The molecule has 1 heterocycles. The van der Waals surface area contributed by atoms with E-state index in [2.05, 4.69) is 17.0 Å². The van der Waals surface area contributed by atoms with Crippen LogP contribution in [0.5, 0.6) is 0 Å². The Morgan fingerprint density at radius 1 is 1.18 bits per heavy atom. The van der Waals surface area contributed by atoms with E-state index in [0.717, 1.165) is 19.5 Å². The first-order valence-corrected chi connectivity index (χ1v) is 6.34. The molecule has 2 N–H and O–H groups in total. The standard InChI is InChI=1S/C14H20N2O/c15-14(17)13(16-9-5-2-6-10-16)11-12-7-3-1-4-8-12/h1,3-4,7-8,13H,2,5-6,9-11H2,(H2,15,17). The minimum atomic E-state index is -0.198. The van der Waals surface area contributed by atoms with E-state index >= 15 is 0 Å². The Morgan fingerprint density at radius 2 is 1.82 bits per heavy atom. The lowest BCUT2D eigenvalue weighted by atomic mass is 10.0. The third-order valence-corrected chi connectivity index (χ3v) is 3.43. The Balaban J connectivity index is 2.04. The van der Waals surface area contributed by atoms with Crippen LogP contribution in [-0.4, -0.2) is 29.9 Å². The first-order valence-electron chi connectivity index (χ1n) is 6.34. The SMILES string of the molecule is NC(=O)C(Cc1ccccc1)N1CCCCC1. The second-order valence-electron chi connectivity index (χ2n) is 4.70. The Morgan fingerprint density at radius 3 is 2.41 bits per heavy atom. The van der Waals surface area contributed by atoms with Crippen LogP contribution in [0.15, 0.2) is 30.3 Å². The quantitative estimate of drug-likeness (QED) is 0.856. The van der Waals surface area contributed by atoms with Crippen molar-refractivity contribution in [3.05, 3.63) is 35.9 Å². The van der Waals surface area contributed by atoms with Gasteiger partial charge in [-0.05, 0) is 37.9 Å². The van der Waals surface area contributed by atoms with E-state index in [4.69, 9.17) is 5.73 Å². The number of nitrogens with zero attached hydrogens (tertiary/aromatic N) is 1. The van der Waals surface area contributed by atoms with E-state index < -0.39 is 0 Å². The summed E-state index contributed by atoms with van der Waals surface area (Å²) >= 11 is 0. The predicted octanol–water partition coefficient (Wildman–Crippen LogP) is 1.57. The van der Waals surface area contributed by atoms with Gasteiger partial charge in [0.05, 0.1) is 6.04 Å². The molecule has 1 fully saturated rings. The lowest BCUT2D eigenvalue weighted by Crippen LogP contribution is -2.48. The fourth-order valence-corrected chi connectivity index (χ4v) is 2.48. The summed E-state index contributed by atoms with van der Waals surface area (Å²) in [6.07, 6.45) is 4.36. The number of hydrogen-bond donors (Lipinski definition) is 1. The van der Waals surface area contributed by atoms with Gasteiger partial charge >= 0.3 is 0 Å². The van der Waals surface area contributed by atoms with Crippen LogP contribution in [0.2, 0.25) is 0 Å². The molecule has 1 unspecified atom stereocenters. The first-order chi connectivity index (χ1) is 8.27. The molecule has 0 spiro atoms. The molecule has 3 nitrogen and oxygen atoms in total. The monoisotopic (exact) mass is 232 g/mol. The molecule has 92 valence electrons. The van der Waals surface area contributed by atoms with Crippen LogP contribution in [0.3, 0.4) is 0 Å². The topological polar surface area (TPSA) is 46.3 Å². The average Bonchev–Trinajstić information content (AvgIpc) is 2.38. The van der Waals surface area contributed by atoms with Gasteiger partial charge in [-0.1, -0.05) is 36.8 Å². The third kappa shape index (κ3) is 3.30. The number of carbonyl (C=O) groups is 1. The molecule has 1 saturated heterocycles. The Labute approximate surface area is 103 Å². The summed E-state index contributed by atoms with van der Waals surface area (Å²) in [5, 5.41) is 0. The number of hydrogen-bond acceptors (Lipinski definition) is 2. The van der Waals surface area contributed by atoms with Crippen molar-refractivity contribution in [2.24, 2.45) is 5.73 Å². The molecule has 17 heavy (non-hydrogen) atoms. The lowest BCUT2D eigenvalue weighted by Gasteiger charge is -2.32. The fourth-order valence-electron chi connectivity index (χ4n) is 2.48. The van der Waals surface area contributed by atoms with Gasteiger partial charge in [0.15, 0.2) is 0 Å². The van der Waals surface area contributed by atoms with Gasteiger partial charge in [-0.2, -0.15) is 0 Å². The first kappa shape index (κ1) is 12.1. The number of carbonyl (C=O) groups excluding carboxylic acids is 1. The van der Waals surface area contributed by atoms with Gasteiger partial charge in [-0.15, -0.1) is 0 Å². The van der Waals surface area contributed by atoms with Crippen molar-refractivity contribution in [3.63, 3.8) is 0 Å². The van der Waals surface area contributed by atoms with E-state index in [1.54, 1.807) is 0 Å². The van der Waals surface area contributed by atoms with Crippen LogP contribution < -0.4 is 5.73 Å². The zero-order valence-corrected chi connectivity index (χ0v) is 10.1. The molecule has 1 aromatic carbocycles. The summed E-state index contributed by atoms with van der Waals surface area (Å²) < 4.78 is 0. The van der Waals surface area contributed by atoms with Crippen molar-refractivity contribution in [1.82, 2.24) is 4.90 Å². The van der Waals surface area contributed by atoms with Crippen LogP contribution in [0, 0.1) is 0 Å². The lowest BCUT2D eigenvalue weighted by molar-refractivity contribution is -0.123. The van der Waals surface area contributed by atoms with Crippen molar-refractivity contribution >= 4 is 5.91 Å². The highest BCUT2D eigenvalue weighted by Crippen LogP contribution is 2.15. The molecular weight excluding hydrogens is 212 g/mol. The summed E-state index contributed by atoms with van der Waals surface area (Å²) in [4.78, 5) is 13.8.